The largest absolute Gasteiger partial charge is 0.316 e. The number of nitrogens with one attached hydrogen (secondary N) is 1. The van der Waals surface area contributed by atoms with E-state index in [4.69, 9.17) is 0 Å². The molecule has 0 amide bonds. The minimum atomic E-state index is 0.523. The van der Waals surface area contributed by atoms with Crippen LogP contribution in [0.15, 0.2) is 0 Å². The van der Waals surface area contributed by atoms with E-state index in [9.17, 15) is 0 Å². The molecule has 1 aliphatic heterocycles. The molecule has 1 atom stereocenters. The van der Waals surface area contributed by atoms with Crippen molar-refractivity contribution in [2.45, 2.75) is 64.8 Å². The minimum Gasteiger partial charge on any atom is -0.316 e. The average Bonchev–Trinajstić information content (AvgIpc) is 2.77. The van der Waals surface area contributed by atoms with Crippen LogP contribution in [0.3, 0.4) is 0 Å². The maximum absolute atomic E-state index is 3.52. The first-order valence-electron chi connectivity index (χ1n) is 8.04. The number of hydrogen-bond acceptors (Lipinski definition) is 2. The fourth-order valence-corrected chi connectivity index (χ4v) is 4.02. The molecule has 2 nitrogen and oxygen atoms in total. The Hall–Kier alpha value is -0.0800. The quantitative estimate of drug-likeness (QED) is 0.808. The van der Waals surface area contributed by atoms with Crippen molar-refractivity contribution in [3.63, 3.8) is 0 Å². The van der Waals surface area contributed by atoms with Crippen molar-refractivity contribution in [3.05, 3.63) is 0 Å². The predicted octanol–water partition coefficient (Wildman–Crippen LogP) is 3.28. The van der Waals surface area contributed by atoms with Gasteiger partial charge in [-0.25, -0.2) is 0 Å². The summed E-state index contributed by atoms with van der Waals surface area (Å²) in [5.74, 6) is 1.03. The second-order valence-electron chi connectivity index (χ2n) is 7.12. The summed E-state index contributed by atoms with van der Waals surface area (Å²) < 4.78 is 0. The van der Waals surface area contributed by atoms with Crippen LogP contribution in [0.2, 0.25) is 0 Å². The Balaban J connectivity index is 1.75. The van der Waals surface area contributed by atoms with Crippen LogP contribution in [-0.4, -0.2) is 37.6 Å². The third-order valence-electron chi connectivity index (χ3n) is 5.22. The summed E-state index contributed by atoms with van der Waals surface area (Å²) in [7, 11) is 2.36. The van der Waals surface area contributed by atoms with Gasteiger partial charge >= 0.3 is 0 Å². The van der Waals surface area contributed by atoms with Crippen LogP contribution < -0.4 is 5.32 Å². The SMILES string of the molecule is CCCC1CCC(N(C)CC2(C)CCNC2)CC1. The number of nitrogens with zero attached hydrogens (tertiary/aromatic N) is 1. The molecule has 106 valence electrons. The lowest BCUT2D eigenvalue weighted by molar-refractivity contribution is 0.116. The van der Waals surface area contributed by atoms with Crippen LogP contribution in [0.4, 0.5) is 0 Å². The van der Waals surface area contributed by atoms with E-state index in [2.05, 4.69) is 31.1 Å². The maximum Gasteiger partial charge on any atom is 0.00926 e. The van der Waals surface area contributed by atoms with E-state index < -0.39 is 0 Å². The molecule has 2 rings (SSSR count). The zero-order chi connectivity index (χ0) is 13.0. The first-order chi connectivity index (χ1) is 8.63. The molecule has 2 heteroatoms. The van der Waals surface area contributed by atoms with Gasteiger partial charge in [-0.1, -0.05) is 26.7 Å². The van der Waals surface area contributed by atoms with Crippen LogP contribution in [0.5, 0.6) is 0 Å². The fourth-order valence-electron chi connectivity index (χ4n) is 4.02. The van der Waals surface area contributed by atoms with Crippen LogP contribution in [0, 0.1) is 11.3 Å². The molecule has 0 aromatic carbocycles. The van der Waals surface area contributed by atoms with Gasteiger partial charge in [-0.3, -0.25) is 0 Å². The topological polar surface area (TPSA) is 15.3 Å². The highest BCUT2D eigenvalue weighted by atomic mass is 15.1. The predicted molar refractivity (Wildman–Crippen MR) is 78.9 cm³/mol. The lowest BCUT2D eigenvalue weighted by atomic mass is 9.82. The van der Waals surface area contributed by atoms with E-state index in [0.29, 0.717) is 5.41 Å². The molecule has 1 N–H and O–H groups in total. The lowest BCUT2D eigenvalue weighted by Crippen LogP contribution is -2.42. The minimum absolute atomic E-state index is 0.523. The van der Waals surface area contributed by atoms with Crippen molar-refractivity contribution in [1.29, 1.82) is 0 Å². The normalized spacial score (nSPS) is 37.3. The van der Waals surface area contributed by atoms with Crippen molar-refractivity contribution in [3.8, 4) is 0 Å². The summed E-state index contributed by atoms with van der Waals surface area (Å²) in [5.41, 5.74) is 0.523. The second-order valence-corrected chi connectivity index (χ2v) is 7.12. The molecule has 1 unspecified atom stereocenters. The van der Waals surface area contributed by atoms with Gasteiger partial charge in [0.2, 0.25) is 0 Å². The summed E-state index contributed by atoms with van der Waals surface area (Å²) in [6, 6.07) is 0.857. The Kier molecular flexibility index (Phi) is 5.08. The Morgan fingerprint density at radius 1 is 1.22 bits per heavy atom. The second kappa shape index (κ2) is 6.38. The molecule has 1 saturated heterocycles. The molecular formula is C16H32N2. The van der Waals surface area contributed by atoms with Crippen LogP contribution in [-0.2, 0) is 0 Å². The van der Waals surface area contributed by atoms with E-state index in [1.807, 2.05) is 0 Å². The summed E-state index contributed by atoms with van der Waals surface area (Å²) in [4.78, 5) is 2.66. The van der Waals surface area contributed by atoms with E-state index >= 15 is 0 Å². The van der Waals surface area contributed by atoms with Crippen LogP contribution in [0.25, 0.3) is 0 Å². The molecule has 0 aromatic rings. The van der Waals surface area contributed by atoms with E-state index in [1.165, 1.54) is 64.6 Å². The summed E-state index contributed by atoms with van der Waals surface area (Å²) >= 11 is 0. The molecule has 0 bridgehead atoms. The molecule has 1 aliphatic carbocycles. The zero-order valence-electron chi connectivity index (χ0n) is 12.7. The first kappa shape index (κ1) is 14.3. The smallest absolute Gasteiger partial charge is 0.00926 e. The van der Waals surface area contributed by atoms with E-state index in [-0.39, 0.29) is 0 Å². The van der Waals surface area contributed by atoms with Gasteiger partial charge < -0.3 is 10.2 Å². The molecule has 1 heterocycles. The highest BCUT2D eigenvalue weighted by Gasteiger charge is 2.32. The molecule has 2 fully saturated rings. The Morgan fingerprint density at radius 2 is 1.94 bits per heavy atom. The van der Waals surface area contributed by atoms with Gasteiger partial charge in [0.1, 0.15) is 0 Å². The standard InChI is InChI=1S/C16H32N2/c1-4-5-14-6-8-15(9-7-14)18(3)13-16(2)10-11-17-12-16/h14-15,17H,4-13H2,1-3H3. The van der Waals surface area contributed by atoms with E-state index in [0.717, 1.165) is 12.0 Å². The molecule has 2 aliphatic rings. The van der Waals surface area contributed by atoms with Crippen LogP contribution in [0.1, 0.15) is 58.8 Å². The Bertz CT molecular complexity index is 237. The molecule has 18 heavy (non-hydrogen) atoms. The van der Waals surface area contributed by atoms with E-state index in [1.54, 1.807) is 0 Å². The van der Waals surface area contributed by atoms with Gasteiger partial charge in [0, 0.05) is 19.1 Å². The summed E-state index contributed by atoms with van der Waals surface area (Å²) in [5, 5.41) is 3.52. The summed E-state index contributed by atoms with van der Waals surface area (Å²) in [6.07, 6.45) is 9.99. The molecule has 1 saturated carbocycles. The molecule has 0 aromatic heterocycles. The maximum atomic E-state index is 3.52. The van der Waals surface area contributed by atoms with Gasteiger partial charge in [0.25, 0.3) is 0 Å². The van der Waals surface area contributed by atoms with Gasteiger partial charge in [0.15, 0.2) is 0 Å². The van der Waals surface area contributed by atoms with Crippen molar-refractivity contribution < 1.29 is 0 Å². The third-order valence-corrected chi connectivity index (χ3v) is 5.22. The van der Waals surface area contributed by atoms with Gasteiger partial charge in [-0.2, -0.15) is 0 Å². The van der Waals surface area contributed by atoms with Gasteiger partial charge in [-0.05, 0) is 57.0 Å². The third kappa shape index (κ3) is 3.71. The Morgan fingerprint density at radius 3 is 2.50 bits per heavy atom. The monoisotopic (exact) mass is 252 g/mol. The van der Waals surface area contributed by atoms with Crippen molar-refractivity contribution in [1.82, 2.24) is 10.2 Å². The zero-order valence-corrected chi connectivity index (χ0v) is 12.7. The number of hydrogen-bond donors (Lipinski definition) is 1. The van der Waals surface area contributed by atoms with Crippen molar-refractivity contribution in [2.75, 3.05) is 26.7 Å². The molecule has 0 spiro atoms. The first-order valence-corrected chi connectivity index (χ1v) is 8.04. The Labute approximate surface area is 114 Å². The highest BCUT2D eigenvalue weighted by molar-refractivity contribution is 4.88. The molecular weight excluding hydrogens is 220 g/mol. The van der Waals surface area contributed by atoms with Crippen molar-refractivity contribution >= 4 is 0 Å². The lowest BCUT2D eigenvalue weighted by Gasteiger charge is -2.38. The highest BCUT2D eigenvalue weighted by Crippen LogP contribution is 2.32. The fraction of sp³-hybridized carbons (Fsp3) is 1.00. The van der Waals surface area contributed by atoms with Crippen molar-refractivity contribution in [2.24, 2.45) is 11.3 Å². The van der Waals surface area contributed by atoms with Crippen LogP contribution >= 0.6 is 0 Å². The molecule has 0 radical (unpaired) electrons. The van der Waals surface area contributed by atoms with Gasteiger partial charge in [0.05, 0.1) is 0 Å². The summed E-state index contributed by atoms with van der Waals surface area (Å²) in [6.45, 7) is 8.48. The van der Waals surface area contributed by atoms with Gasteiger partial charge in [-0.15, -0.1) is 0 Å². The average molecular weight is 252 g/mol. The number of rotatable bonds is 5.